The van der Waals surface area contributed by atoms with Gasteiger partial charge >= 0.3 is 0 Å². The van der Waals surface area contributed by atoms with Crippen LogP contribution in [0.15, 0.2) is 65.3 Å². The zero-order chi connectivity index (χ0) is 20.2. The van der Waals surface area contributed by atoms with Gasteiger partial charge in [-0.05, 0) is 48.9 Å². The van der Waals surface area contributed by atoms with Gasteiger partial charge in [-0.3, -0.25) is 9.78 Å². The fourth-order valence-electron chi connectivity index (χ4n) is 3.14. The molecule has 0 bridgehead atoms. The van der Waals surface area contributed by atoms with Crippen molar-refractivity contribution >= 4 is 16.7 Å². The van der Waals surface area contributed by atoms with Gasteiger partial charge in [0, 0.05) is 6.20 Å². The lowest BCUT2D eigenvalue weighted by Gasteiger charge is -2.13. The van der Waals surface area contributed by atoms with E-state index in [0.29, 0.717) is 23.6 Å². The highest BCUT2D eigenvalue weighted by Gasteiger charge is 2.16. The molecule has 6 nitrogen and oxygen atoms in total. The van der Waals surface area contributed by atoms with Crippen LogP contribution in [0, 0.1) is 13.8 Å². The van der Waals surface area contributed by atoms with Crippen LogP contribution in [0.4, 0.5) is 0 Å². The van der Waals surface area contributed by atoms with E-state index in [4.69, 9.17) is 9.26 Å². The summed E-state index contributed by atoms with van der Waals surface area (Å²) in [5.41, 5.74) is 2.94. The van der Waals surface area contributed by atoms with E-state index in [-0.39, 0.29) is 12.5 Å². The molecular weight excluding hydrogens is 366 g/mol. The number of hydrogen-bond acceptors (Lipinski definition) is 5. The van der Waals surface area contributed by atoms with Crippen LogP contribution in [0.5, 0.6) is 5.75 Å². The van der Waals surface area contributed by atoms with Crippen molar-refractivity contribution in [2.75, 3.05) is 0 Å². The quantitative estimate of drug-likeness (QED) is 0.532. The van der Waals surface area contributed by atoms with Gasteiger partial charge in [-0.2, -0.15) is 0 Å². The van der Waals surface area contributed by atoms with Gasteiger partial charge < -0.3 is 14.6 Å². The lowest BCUT2D eigenvalue weighted by molar-refractivity contribution is 0.0946. The fraction of sp³-hybridized carbons (Fsp3) is 0.174. The van der Waals surface area contributed by atoms with E-state index in [1.807, 2.05) is 68.4 Å². The molecule has 0 saturated carbocycles. The standard InChI is InChI=1S/C23H21N3O3/c1-15-21(16(2)29-26-15)14-28-22-12-18-8-4-3-7-17(18)11-20(22)23(27)25-13-19-9-5-6-10-24-19/h3-12H,13-14H2,1-2H3,(H,25,27). The molecule has 0 aliphatic heterocycles. The maximum Gasteiger partial charge on any atom is 0.255 e. The van der Waals surface area contributed by atoms with Gasteiger partial charge in [0.15, 0.2) is 0 Å². The number of amides is 1. The summed E-state index contributed by atoms with van der Waals surface area (Å²) in [5, 5.41) is 8.86. The number of hydrogen-bond donors (Lipinski definition) is 1. The van der Waals surface area contributed by atoms with Crippen LogP contribution >= 0.6 is 0 Å². The van der Waals surface area contributed by atoms with Crippen molar-refractivity contribution in [3.05, 3.63) is 89.1 Å². The molecule has 0 atom stereocenters. The summed E-state index contributed by atoms with van der Waals surface area (Å²) < 4.78 is 11.3. The van der Waals surface area contributed by atoms with Crippen LogP contribution in [-0.4, -0.2) is 16.0 Å². The van der Waals surface area contributed by atoms with Crippen LogP contribution < -0.4 is 10.1 Å². The maximum atomic E-state index is 12.9. The molecule has 146 valence electrons. The van der Waals surface area contributed by atoms with E-state index < -0.39 is 0 Å². The van der Waals surface area contributed by atoms with Gasteiger partial charge in [-0.25, -0.2) is 0 Å². The Morgan fingerprint density at radius 2 is 1.83 bits per heavy atom. The molecule has 2 heterocycles. The summed E-state index contributed by atoms with van der Waals surface area (Å²) >= 11 is 0. The zero-order valence-electron chi connectivity index (χ0n) is 16.3. The van der Waals surface area contributed by atoms with Gasteiger partial charge in [0.05, 0.1) is 29.1 Å². The number of carbonyl (C=O) groups is 1. The molecule has 0 aliphatic carbocycles. The molecule has 6 heteroatoms. The molecule has 1 amide bonds. The smallest absolute Gasteiger partial charge is 0.255 e. The average molecular weight is 387 g/mol. The van der Waals surface area contributed by atoms with Crippen LogP contribution in [0.1, 0.15) is 33.1 Å². The van der Waals surface area contributed by atoms with Crippen LogP contribution in [0.3, 0.4) is 0 Å². The van der Waals surface area contributed by atoms with Gasteiger partial charge in [0.25, 0.3) is 5.91 Å². The molecule has 2 aromatic heterocycles. The average Bonchev–Trinajstić information content (AvgIpc) is 3.08. The Bertz CT molecular complexity index is 1130. The zero-order valence-corrected chi connectivity index (χ0v) is 16.3. The van der Waals surface area contributed by atoms with Crippen molar-refractivity contribution in [3.63, 3.8) is 0 Å². The van der Waals surface area contributed by atoms with Crippen molar-refractivity contribution in [1.82, 2.24) is 15.5 Å². The number of nitrogens with zero attached hydrogens (tertiary/aromatic N) is 2. The number of nitrogens with one attached hydrogen (secondary N) is 1. The topological polar surface area (TPSA) is 77.2 Å². The third kappa shape index (κ3) is 4.11. The first-order valence-electron chi connectivity index (χ1n) is 9.37. The van der Waals surface area contributed by atoms with Gasteiger partial charge in [0.2, 0.25) is 0 Å². The van der Waals surface area contributed by atoms with E-state index in [2.05, 4.69) is 15.5 Å². The first-order valence-corrected chi connectivity index (χ1v) is 9.37. The molecule has 1 N–H and O–H groups in total. The summed E-state index contributed by atoms with van der Waals surface area (Å²) in [6.07, 6.45) is 1.70. The van der Waals surface area contributed by atoms with E-state index in [1.165, 1.54) is 0 Å². The lowest BCUT2D eigenvalue weighted by atomic mass is 10.1. The summed E-state index contributed by atoms with van der Waals surface area (Å²) in [5.74, 6) is 1.02. The molecule has 0 aliphatic rings. The Morgan fingerprint density at radius 1 is 1.07 bits per heavy atom. The van der Waals surface area contributed by atoms with E-state index >= 15 is 0 Å². The van der Waals surface area contributed by atoms with Crippen LogP contribution in [0.2, 0.25) is 0 Å². The highest BCUT2D eigenvalue weighted by Crippen LogP contribution is 2.28. The van der Waals surface area contributed by atoms with Crippen molar-refractivity contribution in [1.29, 1.82) is 0 Å². The van der Waals surface area contributed by atoms with Crippen molar-refractivity contribution in [3.8, 4) is 5.75 Å². The van der Waals surface area contributed by atoms with Gasteiger partial charge in [-0.15, -0.1) is 0 Å². The minimum absolute atomic E-state index is 0.213. The Labute approximate surface area is 168 Å². The minimum Gasteiger partial charge on any atom is -0.488 e. The molecular formula is C23H21N3O3. The van der Waals surface area contributed by atoms with Crippen molar-refractivity contribution in [2.45, 2.75) is 27.0 Å². The molecule has 29 heavy (non-hydrogen) atoms. The third-order valence-corrected chi connectivity index (χ3v) is 4.80. The second-order valence-corrected chi connectivity index (χ2v) is 6.79. The van der Waals surface area contributed by atoms with E-state index in [0.717, 1.165) is 27.7 Å². The predicted octanol–water partition coefficient (Wildman–Crippen LogP) is 4.35. The molecule has 4 rings (SSSR count). The first kappa shape index (κ1) is 18.7. The number of benzene rings is 2. The monoisotopic (exact) mass is 387 g/mol. The third-order valence-electron chi connectivity index (χ3n) is 4.80. The van der Waals surface area contributed by atoms with Gasteiger partial charge in [0.1, 0.15) is 18.1 Å². The lowest BCUT2D eigenvalue weighted by Crippen LogP contribution is -2.24. The second kappa shape index (κ2) is 8.14. The predicted molar refractivity (Wildman–Crippen MR) is 110 cm³/mol. The molecule has 0 fully saturated rings. The van der Waals surface area contributed by atoms with E-state index in [1.54, 1.807) is 6.20 Å². The number of rotatable bonds is 6. The number of carbonyl (C=O) groups excluding carboxylic acids is 1. The SMILES string of the molecule is Cc1noc(C)c1COc1cc2ccccc2cc1C(=O)NCc1ccccn1. The molecule has 0 unspecified atom stereocenters. The highest BCUT2D eigenvalue weighted by atomic mass is 16.5. The Morgan fingerprint density at radius 3 is 2.52 bits per heavy atom. The summed E-state index contributed by atoms with van der Waals surface area (Å²) in [7, 11) is 0. The van der Waals surface area contributed by atoms with Crippen LogP contribution in [-0.2, 0) is 13.2 Å². The Hall–Kier alpha value is -3.67. The van der Waals surface area contributed by atoms with Crippen molar-refractivity contribution < 1.29 is 14.1 Å². The summed E-state index contributed by atoms with van der Waals surface area (Å²) in [6, 6.07) is 17.2. The maximum absolute atomic E-state index is 12.9. The second-order valence-electron chi connectivity index (χ2n) is 6.79. The van der Waals surface area contributed by atoms with Gasteiger partial charge in [-0.1, -0.05) is 35.5 Å². The normalized spacial score (nSPS) is 10.8. The number of fused-ring (bicyclic) bond motifs is 1. The van der Waals surface area contributed by atoms with Crippen LogP contribution in [0.25, 0.3) is 10.8 Å². The first-order chi connectivity index (χ1) is 14.1. The number of pyridine rings is 1. The molecule has 2 aromatic carbocycles. The molecule has 0 spiro atoms. The number of aryl methyl sites for hydroxylation is 2. The summed E-state index contributed by atoms with van der Waals surface area (Å²) in [4.78, 5) is 17.2. The molecule has 4 aromatic rings. The summed E-state index contributed by atoms with van der Waals surface area (Å²) in [6.45, 7) is 4.34. The Balaban J connectivity index is 1.61. The minimum atomic E-state index is -0.213. The highest BCUT2D eigenvalue weighted by molar-refractivity contribution is 6.01. The van der Waals surface area contributed by atoms with Crippen molar-refractivity contribution in [2.24, 2.45) is 0 Å². The molecule has 0 radical (unpaired) electrons. The largest absolute Gasteiger partial charge is 0.488 e. The fourth-order valence-corrected chi connectivity index (χ4v) is 3.14. The number of aromatic nitrogens is 2. The Kier molecular flexibility index (Phi) is 5.24. The van der Waals surface area contributed by atoms with E-state index in [9.17, 15) is 4.79 Å². The molecule has 0 saturated heterocycles. The number of ether oxygens (including phenoxy) is 1.